The van der Waals surface area contributed by atoms with Crippen molar-refractivity contribution in [2.75, 3.05) is 19.7 Å². The van der Waals surface area contributed by atoms with Crippen LogP contribution in [0, 0.1) is 11.8 Å². The van der Waals surface area contributed by atoms with E-state index in [1.165, 1.54) is 0 Å². The molecule has 1 atom stereocenters. The maximum absolute atomic E-state index is 12.0. The molecule has 1 saturated heterocycles. The van der Waals surface area contributed by atoms with Crippen LogP contribution < -0.4 is 5.73 Å². The summed E-state index contributed by atoms with van der Waals surface area (Å²) in [7, 11) is 0. The third-order valence-electron chi connectivity index (χ3n) is 3.77. The second-order valence-electron chi connectivity index (χ2n) is 6.12. The van der Waals surface area contributed by atoms with Crippen LogP contribution in [0.4, 0.5) is 0 Å². The van der Waals surface area contributed by atoms with Crippen molar-refractivity contribution in [2.24, 2.45) is 17.6 Å². The van der Waals surface area contributed by atoms with Crippen LogP contribution in [0.5, 0.6) is 0 Å². The Kier molecular flexibility index (Phi) is 6.99. The summed E-state index contributed by atoms with van der Waals surface area (Å²) in [5.41, 5.74) is 5.28. The predicted octanol–water partition coefficient (Wildman–Crippen LogP) is 1.55. The van der Waals surface area contributed by atoms with Crippen LogP contribution in [-0.2, 0) is 14.3 Å². The van der Waals surface area contributed by atoms with E-state index in [9.17, 15) is 9.59 Å². The number of hydrogen-bond donors (Lipinski definition) is 1. The minimum Gasteiger partial charge on any atom is -0.378 e. The van der Waals surface area contributed by atoms with Crippen molar-refractivity contribution in [1.82, 2.24) is 4.90 Å². The zero-order valence-corrected chi connectivity index (χ0v) is 12.9. The Hall–Kier alpha value is -1.10. The number of nitrogens with zero attached hydrogens (tertiary/aromatic N) is 1. The lowest BCUT2D eigenvalue weighted by Crippen LogP contribution is -2.42. The van der Waals surface area contributed by atoms with Gasteiger partial charge in [0, 0.05) is 19.0 Å². The normalized spacial score (nSPS) is 18.3. The van der Waals surface area contributed by atoms with Crippen LogP contribution >= 0.6 is 0 Å². The molecule has 5 nitrogen and oxygen atoms in total. The van der Waals surface area contributed by atoms with E-state index in [1.807, 2.05) is 11.8 Å². The molecule has 1 rings (SSSR count). The number of primary amides is 1. The zero-order valence-electron chi connectivity index (χ0n) is 12.9. The van der Waals surface area contributed by atoms with Crippen molar-refractivity contribution < 1.29 is 14.3 Å². The first-order chi connectivity index (χ1) is 9.40. The van der Waals surface area contributed by atoms with Crippen LogP contribution in [0.2, 0.25) is 0 Å². The van der Waals surface area contributed by atoms with Gasteiger partial charge in [-0.15, -0.1) is 0 Å². The Morgan fingerprint density at radius 3 is 2.35 bits per heavy atom. The Bertz CT molecular complexity index is 323. The van der Waals surface area contributed by atoms with Crippen LogP contribution in [0.25, 0.3) is 0 Å². The standard InChI is InChI=1S/C15H28N2O3/c1-11(2)10-12(3)20-9-6-14(18)17-7-4-13(5-8-17)15(16)19/h11-13H,4-10H2,1-3H3,(H2,16,19). The van der Waals surface area contributed by atoms with Gasteiger partial charge in [0.15, 0.2) is 0 Å². The van der Waals surface area contributed by atoms with Crippen molar-refractivity contribution >= 4 is 11.8 Å². The molecule has 0 radical (unpaired) electrons. The molecule has 1 aliphatic heterocycles. The monoisotopic (exact) mass is 284 g/mol. The molecule has 0 aromatic heterocycles. The zero-order chi connectivity index (χ0) is 15.1. The SMILES string of the molecule is CC(C)CC(C)OCCC(=O)N1CCC(C(N)=O)CC1. The molecule has 1 aliphatic rings. The molecule has 1 fully saturated rings. The molecule has 1 unspecified atom stereocenters. The molecule has 1 heterocycles. The largest absolute Gasteiger partial charge is 0.378 e. The molecule has 0 spiro atoms. The van der Waals surface area contributed by atoms with Gasteiger partial charge < -0.3 is 15.4 Å². The van der Waals surface area contributed by atoms with Gasteiger partial charge in [0.25, 0.3) is 0 Å². The summed E-state index contributed by atoms with van der Waals surface area (Å²) in [5, 5.41) is 0. The van der Waals surface area contributed by atoms with Crippen LogP contribution in [0.3, 0.4) is 0 Å². The lowest BCUT2D eigenvalue weighted by Gasteiger charge is -2.30. The van der Waals surface area contributed by atoms with Gasteiger partial charge in [0.2, 0.25) is 11.8 Å². The number of piperidine rings is 1. The molecule has 20 heavy (non-hydrogen) atoms. The highest BCUT2D eigenvalue weighted by atomic mass is 16.5. The van der Waals surface area contributed by atoms with E-state index in [4.69, 9.17) is 10.5 Å². The number of carbonyl (C=O) groups excluding carboxylic acids is 2. The first-order valence-electron chi connectivity index (χ1n) is 7.58. The number of rotatable bonds is 7. The van der Waals surface area contributed by atoms with E-state index in [2.05, 4.69) is 13.8 Å². The minimum absolute atomic E-state index is 0.0682. The van der Waals surface area contributed by atoms with Gasteiger partial charge in [-0.05, 0) is 32.1 Å². The topological polar surface area (TPSA) is 72.6 Å². The number of carbonyl (C=O) groups is 2. The van der Waals surface area contributed by atoms with Crippen molar-refractivity contribution in [2.45, 2.75) is 52.6 Å². The quantitative estimate of drug-likeness (QED) is 0.771. The summed E-state index contributed by atoms with van der Waals surface area (Å²) in [6.45, 7) is 8.11. The first-order valence-corrected chi connectivity index (χ1v) is 7.58. The van der Waals surface area contributed by atoms with Gasteiger partial charge in [0.05, 0.1) is 19.1 Å². The summed E-state index contributed by atoms with van der Waals surface area (Å²) in [4.78, 5) is 24.9. The van der Waals surface area contributed by atoms with E-state index >= 15 is 0 Å². The molecule has 2 N–H and O–H groups in total. The molecule has 0 aromatic rings. The smallest absolute Gasteiger partial charge is 0.224 e. The maximum Gasteiger partial charge on any atom is 0.224 e. The van der Waals surface area contributed by atoms with Crippen LogP contribution in [-0.4, -0.2) is 42.5 Å². The molecular weight excluding hydrogens is 256 g/mol. The van der Waals surface area contributed by atoms with Gasteiger partial charge in [-0.25, -0.2) is 0 Å². The van der Waals surface area contributed by atoms with E-state index in [0.29, 0.717) is 44.9 Å². The number of amides is 2. The molecule has 0 bridgehead atoms. The molecule has 116 valence electrons. The van der Waals surface area contributed by atoms with Crippen molar-refractivity contribution in [1.29, 1.82) is 0 Å². The Morgan fingerprint density at radius 1 is 1.25 bits per heavy atom. The fourth-order valence-electron chi connectivity index (χ4n) is 2.65. The third kappa shape index (κ3) is 5.90. The second-order valence-corrected chi connectivity index (χ2v) is 6.12. The maximum atomic E-state index is 12.0. The lowest BCUT2D eigenvalue weighted by atomic mass is 9.96. The molecule has 2 amide bonds. The number of ether oxygens (including phenoxy) is 1. The molecule has 0 aromatic carbocycles. The highest BCUT2D eigenvalue weighted by molar-refractivity contribution is 5.78. The minimum atomic E-state index is -0.247. The highest BCUT2D eigenvalue weighted by Gasteiger charge is 2.25. The van der Waals surface area contributed by atoms with Gasteiger partial charge in [-0.3, -0.25) is 9.59 Å². The average molecular weight is 284 g/mol. The van der Waals surface area contributed by atoms with Gasteiger partial charge in [-0.2, -0.15) is 0 Å². The summed E-state index contributed by atoms with van der Waals surface area (Å²) in [6, 6.07) is 0. The van der Waals surface area contributed by atoms with E-state index in [0.717, 1.165) is 6.42 Å². The van der Waals surface area contributed by atoms with Crippen molar-refractivity contribution in [3.05, 3.63) is 0 Å². The van der Waals surface area contributed by atoms with Gasteiger partial charge in [-0.1, -0.05) is 13.8 Å². The summed E-state index contributed by atoms with van der Waals surface area (Å²) < 4.78 is 5.65. The number of nitrogens with two attached hydrogens (primary N) is 1. The predicted molar refractivity (Wildman–Crippen MR) is 78.0 cm³/mol. The molecule has 0 saturated carbocycles. The van der Waals surface area contributed by atoms with E-state index in [-0.39, 0.29) is 23.8 Å². The summed E-state index contributed by atoms with van der Waals surface area (Å²) in [5.74, 6) is 0.405. The fourth-order valence-corrected chi connectivity index (χ4v) is 2.65. The van der Waals surface area contributed by atoms with E-state index < -0.39 is 0 Å². The Labute approximate surface area is 121 Å². The Balaban J connectivity index is 2.19. The van der Waals surface area contributed by atoms with Crippen LogP contribution in [0.1, 0.15) is 46.5 Å². The average Bonchev–Trinajstić information content (AvgIpc) is 2.37. The summed E-state index contributed by atoms with van der Waals surface area (Å²) >= 11 is 0. The lowest BCUT2D eigenvalue weighted by molar-refractivity contribution is -0.136. The van der Waals surface area contributed by atoms with Crippen LogP contribution in [0.15, 0.2) is 0 Å². The number of likely N-dealkylation sites (tertiary alicyclic amines) is 1. The van der Waals surface area contributed by atoms with E-state index in [1.54, 1.807) is 0 Å². The molecule has 5 heteroatoms. The fraction of sp³-hybridized carbons (Fsp3) is 0.867. The third-order valence-corrected chi connectivity index (χ3v) is 3.77. The number of hydrogen-bond acceptors (Lipinski definition) is 3. The van der Waals surface area contributed by atoms with Gasteiger partial charge in [0.1, 0.15) is 0 Å². The van der Waals surface area contributed by atoms with Crippen molar-refractivity contribution in [3.63, 3.8) is 0 Å². The Morgan fingerprint density at radius 2 is 1.85 bits per heavy atom. The van der Waals surface area contributed by atoms with Gasteiger partial charge >= 0.3 is 0 Å². The molecular formula is C15H28N2O3. The second kappa shape index (κ2) is 8.25. The first kappa shape index (κ1) is 17.0. The van der Waals surface area contributed by atoms with Crippen molar-refractivity contribution in [3.8, 4) is 0 Å². The summed E-state index contributed by atoms with van der Waals surface area (Å²) in [6.07, 6.45) is 3.00. The highest BCUT2D eigenvalue weighted by Crippen LogP contribution is 2.17. The molecule has 0 aliphatic carbocycles.